The Hall–Kier alpha value is -2.29. The molecule has 0 unspecified atom stereocenters. The molecule has 0 N–H and O–H groups in total. The van der Waals surface area contributed by atoms with Crippen LogP contribution in [-0.2, 0) is 12.8 Å². The highest BCUT2D eigenvalue weighted by Gasteiger charge is 2.12. The number of hydrogen-bond donors (Lipinski definition) is 0. The first-order chi connectivity index (χ1) is 13.4. The fourth-order valence-electron chi connectivity index (χ4n) is 2.86. The van der Waals surface area contributed by atoms with Crippen LogP contribution < -0.4 is 9.47 Å². The number of Topliss-reactive ketones (excluding diaryl/α,β-unsaturated/α-hetero) is 1. The SMILES string of the molecule is CCc1ccc(OCC(C)C)c(CCC(=O)c2cccc(OCC(C)C)c2)c1. The number of carbonyl (C=O) groups excluding carboxylic acids is 1. The normalized spacial score (nSPS) is 11.1. The summed E-state index contributed by atoms with van der Waals surface area (Å²) < 4.78 is 11.7. The second-order valence-electron chi connectivity index (χ2n) is 8.16. The molecular weight excluding hydrogens is 348 g/mol. The predicted octanol–water partition coefficient (Wildman–Crippen LogP) is 6.13. The lowest BCUT2D eigenvalue weighted by Crippen LogP contribution is -2.08. The van der Waals surface area contributed by atoms with Gasteiger partial charge in [-0.15, -0.1) is 0 Å². The van der Waals surface area contributed by atoms with Gasteiger partial charge in [-0.1, -0.05) is 58.9 Å². The second-order valence-corrected chi connectivity index (χ2v) is 8.16. The van der Waals surface area contributed by atoms with Crippen molar-refractivity contribution in [1.82, 2.24) is 0 Å². The Kier molecular flexibility index (Phi) is 8.56. The zero-order chi connectivity index (χ0) is 20.5. The van der Waals surface area contributed by atoms with Gasteiger partial charge in [0.25, 0.3) is 0 Å². The van der Waals surface area contributed by atoms with Gasteiger partial charge in [-0.05, 0) is 54.0 Å². The molecule has 0 saturated carbocycles. The number of benzene rings is 2. The van der Waals surface area contributed by atoms with Crippen LogP contribution in [0, 0.1) is 11.8 Å². The lowest BCUT2D eigenvalue weighted by molar-refractivity contribution is 0.0982. The molecule has 2 aromatic rings. The maximum atomic E-state index is 12.7. The largest absolute Gasteiger partial charge is 0.493 e. The standard InChI is InChI=1S/C25H34O3/c1-6-20-10-13-25(28-17-19(4)5)22(14-20)11-12-24(26)21-8-7-9-23(15-21)27-16-18(2)3/h7-10,13-15,18-19H,6,11-12,16-17H2,1-5H3. The van der Waals surface area contributed by atoms with Crippen molar-refractivity contribution in [2.24, 2.45) is 11.8 Å². The summed E-state index contributed by atoms with van der Waals surface area (Å²) in [4.78, 5) is 12.7. The van der Waals surface area contributed by atoms with Gasteiger partial charge in [-0.3, -0.25) is 4.79 Å². The lowest BCUT2D eigenvalue weighted by Gasteiger charge is -2.14. The summed E-state index contributed by atoms with van der Waals surface area (Å²) >= 11 is 0. The fraction of sp³-hybridized carbons (Fsp3) is 0.480. The Balaban J connectivity index is 2.06. The molecule has 152 valence electrons. The van der Waals surface area contributed by atoms with Crippen LogP contribution in [0.3, 0.4) is 0 Å². The maximum Gasteiger partial charge on any atom is 0.163 e. The van der Waals surface area contributed by atoms with Gasteiger partial charge in [-0.2, -0.15) is 0 Å². The molecule has 0 atom stereocenters. The highest BCUT2D eigenvalue weighted by Crippen LogP contribution is 2.24. The second kappa shape index (κ2) is 10.9. The van der Waals surface area contributed by atoms with Crippen molar-refractivity contribution in [3.8, 4) is 11.5 Å². The zero-order valence-electron chi connectivity index (χ0n) is 18.0. The van der Waals surface area contributed by atoms with E-state index in [2.05, 4.69) is 46.8 Å². The molecule has 0 radical (unpaired) electrons. The highest BCUT2D eigenvalue weighted by atomic mass is 16.5. The van der Waals surface area contributed by atoms with E-state index in [-0.39, 0.29) is 5.78 Å². The van der Waals surface area contributed by atoms with E-state index in [1.807, 2.05) is 30.3 Å². The highest BCUT2D eigenvalue weighted by molar-refractivity contribution is 5.96. The zero-order valence-corrected chi connectivity index (χ0v) is 18.0. The summed E-state index contributed by atoms with van der Waals surface area (Å²) in [6.45, 7) is 12.0. The monoisotopic (exact) mass is 382 g/mol. The van der Waals surface area contributed by atoms with Gasteiger partial charge in [0, 0.05) is 12.0 Å². The lowest BCUT2D eigenvalue weighted by atomic mass is 9.99. The number of carbonyl (C=O) groups is 1. The van der Waals surface area contributed by atoms with Crippen molar-refractivity contribution < 1.29 is 14.3 Å². The molecule has 0 saturated heterocycles. The Morgan fingerprint density at radius 3 is 2.32 bits per heavy atom. The molecule has 2 rings (SSSR count). The topological polar surface area (TPSA) is 35.5 Å². The molecular formula is C25H34O3. The van der Waals surface area contributed by atoms with E-state index >= 15 is 0 Å². The van der Waals surface area contributed by atoms with E-state index in [1.54, 1.807) is 0 Å². The molecule has 0 aromatic heterocycles. The van der Waals surface area contributed by atoms with Crippen LogP contribution in [0.2, 0.25) is 0 Å². The third-order valence-electron chi connectivity index (χ3n) is 4.47. The molecule has 2 aromatic carbocycles. The minimum absolute atomic E-state index is 0.131. The van der Waals surface area contributed by atoms with Crippen molar-refractivity contribution in [1.29, 1.82) is 0 Å². The van der Waals surface area contributed by atoms with E-state index in [4.69, 9.17) is 9.47 Å². The Morgan fingerprint density at radius 1 is 0.929 bits per heavy atom. The molecule has 3 heteroatoms. The maximum absolute atomic E-state index is 12.7. The Labute approximate surface area is 170 Å². The van der Waals surface area contributed by atoms with Crippen LogP contribution in [0.5, 0.6) is 11.5 Å². The van der Waals surface area contributed by atoms with Gasteiger partial charge in [0.2, 0.25) is 0 Å². The summed E-state index contributed by atoms with van der Waals surface area (Å²) in [5.41, 5.74) is 3.08. The predicted molar refractivity (Wildman–Crippen MR) is 116 cm³/mol. The molecule has 28 heavy (non-hydrogen) atoms. The number of ether oxygens (including phenoxy) is 2. The molecule has 0 aliphatic rings. The van der Waals surface area contributed by atoms with E-state index in [0.29, 0.717) is 43.5 Å². The Bertz CT molecular complexity index is 762. The molecule has 0 heterocycles. The first-order valence-corrected chi connectivity index (χ1v) is 10.4. The van der Waals surface area contributed by atoms with Crippen molar-refractivity contribution in [3.63, 3.8) is 0 Å². The molecule has 0 bridgehead atoms. The van der Waals surface area contributed by atoms with E-state index in [1.165, 1.54) is 5.56 Å². The van der Waals surface area contributed by atoms with E-state index < -0.39 is 0 Å². The van der Waals surface area contributed by atoms with Crippen molar-refractivity contribution in [2.45, 2.75) is 53.9 Å². The Morgan fingerprint density at radius 2 is 1.64 bits per heavy atom. The smallest absolute Gasteiger partial charge is 0.163 e. The van der Waals surface area contributed by atoms with Gasteiger partial charge in [0.05, 0.1) is 13.2 Å². The van der Waals surface area contributed by atoms with Crippen LogP contribution >= 0.6 is 0 Å². The summed E-state index contributed by atoms with van der Waals surface area (Å²) in [5, 5.41) is 0. The van der Waals surface area contributed by atoms with E-state index in [0.717, 1.165) is 23.5 Å². The van der Waals surface area contributed by atoms with Crippen molar-refractivity contribution >= 4 is 5.78 Å². The number of ketones is 1. The van der Waals surface area contributed by atoms with Gasteiger partial charge < -0.3 is 9.47 Å². The minimum Gasteiger partial charge on any atom is -0.493 e. The molecule has 0 aliphatic heterocycles. The van der Waals surface area contributed by atoms with E-state index in [9.17, 15) is 4.79 Å². The third-order valence-corrected chi connectivity index (χ3v) is 4.47. The first kappa shape index (κ1) is 22.0. The summed E-state index contributed by atoms with van der Waals surface area (Å²) in [6.07, 6.45) is 2.11. The van der Waals surface area contributed by atoms with Crippen LogP contribution in [0.1, 0.15) is 62.5 Å². The number of aryl methyl sites for hydroxylation is 2. The third kappa shape index (κ3) is 7.03. The van der Waals surface area contributed by atoms with Crippen LogP contribution in [0.4, 0.5) is 0 Å². The van der Waals surface area contributed by atoms with Crippen molar-refractivity contribution in [2.75, 3.05) is 13.2 Å². The quantitative estimate of drug-likeness (QED) is 0.438. The number of hydrogen-bond acceptors (Lipinski definition) is 3. The summed E-state index contributed by atoms with van der Waals surface area (Å²) in [5.74, 6) is 2.70. The minimum atomic E-state index is 0.131. The number of rotatable bonds is 11. The average Bonchev–Trinajstić information content (AvgIpc) is 2.69. The van der Waals surface area contributed by atoms with Crippen LogP contribution in [-0.4, -0.2) is 19.0 Å². The summed E-state index contributed by atoms with van der Waals surface area (Å²) in [7, 11) is 0. The molecule has 0 fully saturated rings. The molecule has 0 aliphatic carbocycles. The van der Waals surface area contributed by atoms with Gasteiger partial charge in [0.15, 0.2) is 5.78 Å². The summed E-state index contributed by atoms with van der Waals surface area (Å²) in [6, 6.07) is 13.8. The first-order valence-electron chi connectivity index (χ1n) is 10.4. The molecule has 0 spiro atoms. The molecule has 0 amide bonds. The van der Waals surface area contributed by atoms with Crippen LogP contribution in [0.25, 0.3) is 0 Å². The van der Waals surface area contributed by atoms with Crippen LogP contribution in [0.15, 0.2) is 42.5 Å². The average molecular weight is 383 g/mol. The van der Waals surface area contributed by atoms with Gasteiger partial charge in [0.1, 0.15) is 11.5 Å². The fourth-order valence-corrected chi connectivity index (χ4v) is 2.86. The molecule has 3 nitrogen and oxygen atoms in total. The van der Waals surface area contributed by atoms with Crippen molar-refractivity contribution in [3.05, 3.63) is 59.2 Å². The van der Waals surface area contributed by atoms with Gasteiger partial charge in [-0.25, -0.2) is 0 Å². The van der Waals surface area contributed by atoms with Gasteiger partial charge >= 0.3 is 0 Å².